The number of H-pyrrole nitrogens is 1. The maximum absolute atomic E-state index is 13.2. The summed E-state index contributed by atoms with van der Waals surface area (Å²) in [6.07, 6.45) is 7.70. The molecule has 7 heteroatoms. The zero-order valence-corrected chi connectivity index (χ0v) is 16.9. The fourth-order valence-electron chi connectivity index (χ4n) is 4.68. The summed E-state index contributed by atoms with van der Waals surface area (Å²) in [6, 6.07) is 10.1. The number of carbonyl (C=O) groups excluding carboxylic acids is 1. The molecule has 3 aromatic heterocycles. The molecular weight excluding hydrogens is 376 g/mol. The Balaban J connectivity index is 1.41. The summed E-state index contributed by atoms with van der Waals surface area (Å²) in [6.45, 7) is 4.00. The Morgan fingerprint density at radius 1 is 1.10 bits per heavy atom. The molecule has 150 valence electrons. The van der Waals surface area contributed by atoms with Gasteiger partial charge in [0.05, 0.1) is 35.0 Å². The highest BCUT2D eigenvalue weighted by atomic mass is 16.2. The molecule has 7 nitrogen and oxygen atoms in total. The van der Waals surface area contributed by atoms with Crippen LogP contribution < -0.4 is 4.90 Å². The van der Waals surface area contributed by atoms with Gasteiger partial charge in [0, 0.05) is 17.6 Å². The van der Waals surface area contributed by atoms with Crippen molar-refractivity contribution in [2.45, 2.75) is 32.7 Å². The third-order valence-electron chi connectivity index (χ3n) is 6.36. The smallest absolute Gasteiger partial charge is 0.233 e. The van der Waals surface area contributed by atoms with Gasteiger partial charge in [-0.25, -0.2) is 15.0 Å². The highest BCUT2D eigenvalue weighted by Gasteiger charge is 2.55. The monoisotopic (exact) mass is 398 g/mol. The van der Waals surface area contributed by atoms with Crippen LogP contribution in [-0.4, -0.2) is 30.4 Å². The highest BCUT2D eigenvalue weighted by molar-refractivity contribution is 6.04. The molecule has 1 saturated heterocycles. The lowest BCUT2D eigenvalue weighted by atomic mass is 9.78. The molecule has 1 aromatic carbocycles. The van der Waals surface area contributed by atoms with Gasteiger partial charge in [-0.3, -0.25) is 9.36 Å². The number of amides is 1. The van der Waals surface area contributed by atoms with Gasteiger partial charge in [0.1, 0.15) is 12.1 Å². The second kappa shape index (κ2) is 6.26. The van der Waals surface area contributed by atoms with Gasteiger partial charge in [0.15, 0.2) is 0 Å². The molecule has 4 heterocycles. The number of aryl methyl sites for hydroxylation is 2. The Morgan fingerprint density at radius 2 is 1.97 bits per heavy atom. The van der Waals surface area contributed by atoms with Crippen LogP contribution in [0.15, 0.2) is 49.2 Å². The Morgan fingerprint density at radius 3 is 2.70 bits per heavy atom. The minimum absolute atomic E-state index is 0.0208. The SMILES string of the molecule is Cc1cn(-c2ccc(C3C(C4CC4)C(=O)N3c3ccc4[nH]cnc4c3)c(C)n2)cn1. The minimum Gasteiger partial charge on any atom is -0.345 e. The molecule has 2 aliphatic rings. The van der Waals surface area contributed by atoms with Crippen LogP contribution in [0.4, 0.5) is 5.69 Å². The molecule has 0 radical (unpaired) electrons. The molecule has 2 fully saturated rings. The van der Waals surface area contributed by atoms with E-state index >= 15 is 0 Å². The number of hydrogen-bond donors (Lipinski definition) is 1. The maximum atomic E-state index is 13.2. The van der Waals surface area contributed by atoms with Crippen molar-refractivity contribution in [1.29, 1.82) is 0 Å². The molecule has 1 N–H and O–H groups in total. The molecule has 2 unspecified atom stereocenters. The average Bonchev–Trinajstić information content (AvgIpc) is 3.26. The topological polar surface area (TPSA) is 79.7 Å². The summed E-state index contributed by atoms with van der Waals surface area (Å²) in [5.74, 6) is 1.59. The van der Waals surface area contributed by atoms with Crippen molar-refractivity contribution in [3.63, 3.8) is 0 Å². The number of benzene rings is 1. The first-order valence-corrected chi connectivity index (χ1v) is 10.3. The zero-order chi connectivity index (χ0) is 20.4. The summed E-state index contributed by atoms with van der Waals surface area (Å²) in [5, 5.41) is 0. The summed E-state index contributed by atoms with van der Waals surface area (Å²) in [5.41, 5.74) is 5.77. The van der Waals surface area contributed by atoms with Gasteiger partial charge >= 0.3 is 0 Å². The van der Waals surface area contributed by atoms with Gasteiger partial charge in [-0.2, -0.15) is 0 Å². The van der Waals surface area contributed by atoms with E-state index < -0.39 is 0 Å². The van der Waals surface area contributed by atoms with Crippen molar-refractivity contribution in [3.8, 4) is 5.82 Å². The minimum atomic E-state index is 0.0208. The van der Waals surface area contributed by atoms with Crippen molar-refractivity contribution in [1.82, 2.24) is 24.5 Å². The molecule has 1 aliphatic carbocycles. The van der Waals surface area contributed by atoms with E-state index in [0.717, 1.165) is 52.3 Å². The summed E-state index contributed by atoms with van der Waals surface area (Å²) in [4.78, 5) is 31.7. The number of nitrogens with zero attached hydrogens (tertiary/aromatic N) is 5. The second-order valence-corrected chi connectivity index (χ2v) is 8.39. The molecule has 30 heavy (non-hydrogen) atoms. The van der Waals surface area contributed by atoms with Crippen molar-refractivity contribution in [2.24, 2.45) is 11.8 Å². The Labute approximate surface area is 173 Å². The third-order valence-corrected chi connectivity index (χ3v) is 6.36. The third kappa shape index (κ3) is 2.58. The molecule has 4 aromatic rings. The van der Waals surface area contributed by atoms with Gasteiger partial charge in [0.2, 0.25) is 5.91 Å². The number of rotatable bonds is 4. The van der Waals surface area contributed by atoms with Crippen molar-refractivity contribution in [3.05, 3.63) is 66.1 Å². The number of imidazole rings is 2. The van der Waals surface area contributed by atoms with E-state index in [2.05, 4.69) is 21.0 Å². The maximum Gasteiger partial charge on any atom is 0.233 e. The normalized spacial score (nSPS) is 21.3. The fourth-order valence-corrected chi connectivity index (χ4v) is 4.68. The molecule has 0 spiro atoms. The lowest BCUT2D eigenvalue weighted by molar-refractivity contribution is -0.131. The number of aromatic amines is 1. The Hall–Kier alpha value is -3.48. The zero-order valence-electron chi connectivity index (χ0n) is 16.9. The van der Waals surface area contributed by atoms with Crippen molar-refractivity contribution < 1.29 is 4.79 Å². The van der Waals surface area contributed by atoms with Gasteiger partial charge in [-0.15, -0.1) is 0 Å². The summed E-state index contributed by atoms with van der Waals surface area (Å²) >= 11 is 0. The van der Waals surface area contributed by atoms with E-state index in [1.807, 2.05) is 53.8 Å². The predicted octanol–water partition coefficient (Wildman–Crippen LogP) is 3.87. The first-order valence-electron chi connectivity index (χ1n) is 10.3. The van der Waals surface area contributed by atoms with E-state index in [9.17, 15) is 4.79 Å². The van der Waals surface area contributed by atoms with Crippen LogP contribution >= 0.6 is 0 Å². The fraction of sp³-hybridized carbons (Fsp3) is 0.304. The van der Waals surface area contributed by atoms with Crippen LogP contribution in [-0.2, 0) is 4.79 Å². The number of fused-ring (bicyclic) bond motifs is 1. The van der Waals surface area contributed by atoms with Crippen LogP contribution in [0.25, 0.3) is 16.9 Å². The number of hydrogen-bond acceptors (Lipinski definition) is 4. The van der Waals surface area contributed by atoms with E-state index in [1.54, 1.807) is 12.7 Å². The van der Waals surface area contributed by atoms with Crippen molar-refractivity contribution >= 4 is 22.6 Å². The summed E-state index contributed by atoms with van der Waals surface area (Å²) in [7, 11) is 0. The first kappa shape index (κ1) is 17.4. The number of carbonyl (C=O) groups is 1. The molecule has 1 saturated carbocycles. The van der Waals surface area contributed by atoms with Crippen LogP contribution in [0.5, 0.6) is 0 Å². The molecule has 2 atom stereocenters. The number of β-lactam (4-membered cyclic amide) rings is 1. The molecule has 1 aliphatic heterocycles. The van der Waals surface area contributed by atoms with E-state index in [-0.39, 0.29) is 17.9 Å². The predicted molar refractivity (Wildman–Crippen MR) is 113 cm³/mol. The van der Waals surface area contributed by atoms with Crippen LogP contribution in [0.3, 0.4) is 0 Å². The van der Waals surface area contributed by atoms with Gasteiger partial charge in [-0.05, 0) is 62.4 Å². The number of anilines is 1. The number of pyridine rings is 1. The summed E-state index contributed by atoms with van der Waals surface area (Å²) < 4.78 is 1.93. The number of nitrogens with one attached hydrogen (secondary N) is 1. The van der Waals surface area contributed by atoms with E-state index in [1.165, 1.54) is 0 Å². The highest BCUT2D eigenvalue weighted by Crippen LogP contribution is 2.54. The largest absolute Gasteiger partial charge is 0.345 e. The number of aromatic nitrogens is 5. The average molecular weight is 398 g/mol. The quantitative estimate of drug-likeness (QED) is 0.529. The Bertz CT molecular complexity index is 1280. The van der Waals surface area contributed by atoms with E-state index in [4.69, 9.17) is 4.98 Å². The van der Waals surface area contributed by atoms with Gasteiger partial charge in [0.25, 0.3) is 0 Å². The molecule has 1 amide bonds. The molecule has 0 bridgehead atoms. The van der Waals surface area contributed by atoms with Crippen LogP contribution in [0.1, 0.15) is 35.8 Å². The van der Waals surface area contributed by atoms with Gasteiger partial charge in [-0.1, -0.05) is 6.07 Å². The molecule has 6 rings (SSSR count). The van der Waals surface area contributed by atoms with Crippen LogP contribution in [0, 0.1) is 25.7 Å². The standard InChI is InChI=1S/C23H22N6O/c1-13-10-28(12-26-13)20-8-6-17(14(2)27-20)22-21(15-3-4-15)23(30)29(22)16-5-7-18-19(9-16)25-11-24-18/h5-12,15,21-22H,3-4H2,1-2H3,(H,24,25). The second-order valence-electron chi connectivity index (χ2n) is 8.39. The van der Waals surface area contributed by atoms with Crippen molar-refractivity contribution in [2.75, 3.05) is 4.90 Å². The first-order chi connectivity index (χ1) is 14.6. The van der Waals surface area contributed by atoms with Gasteiger partial charge < -0.3 is 9.88 Å². The van der Waals surface area contributed by atoms with E-state index in [0.29, 0.717) is 5.92 Å². The molecular formula is C23H22N6O. The Kier molecular flexibility index (Phi) is 3.63. The lowest BCUT2D eigenvalue weighted by Crippen LogP contribution is -2.56. The van der Waals surface area contributed by atoms with Crippen LogP contribution in [0.2, 0.25) is 0 Å². The lowest BCUT2D eigenvalue weighted by Gasteiger charge is -2.48.